The smallest absolute Gasteiger partial charge is 0.231 e. The van der Waals surface area contributed by atoms with Crippen LogP contribution in [0.3, 0.4) is 0 Å². The standard InChI is InChI=1S/C24H29N5O2/c1-2-4-23(30)28-13-10-19(11-14-28)15-18-6-8-21(9-7-18)26-24(31)20-16-29(17-20)22-5-3-12-25-27-22/h2-3,5-9,12,19-20H,1,4,10-11,13-17H2,(H,26,31). The Morgan fingerprint density at radius 3 is 2.52 bits per heavy atom. The van der Waals surface area contributed by atoms with Gasteiger partial charge in [0.05, 0.1) is 5.92 Å². The van der Waals surface area contributed by atoms with Crippen LogP contribution in [0.25, 0.3) is 0 Å². The Balaban J connectivity index is 1.21. The zero-order chi connectivity index (χ0) is 21.6. The highest BCUT2D eigenvalue weighted by atomic mass is 16.2. The van der Waals surface area contributed by atoms with E-state index >= 15 is 0 Å². The normalized spacial score (nSPS) is 17.2. The van der Waals surface area contributed by atoms with Crippen LogP contribution in [0.2, 0.25) is 0 Å². The molecular weight excluding hydrogens is 390 g/mol. The van der Waals surface area contributed by atoms with Gasteiger partial charge in [0.1, 0.15) is 0 Å². The summed E-state index contributed by atoms with van der Waals surface area (Å²) in [6, 6.07) is 11.9. The van der Waals surface area contributed by atoms with Gasteiger partial charge in [-0.15, -0.1) is 11.7 Å². The molecule has 1 aromatic heterocycles. The second-order valence-electron chi connectivity index (χ2n) is 8.39. The van der Waals surface area contributed by atoms with Crippen molar-refractivity contribution in [3.63, 3.8) is 0 Å². The number of piperidine rings is 1. The number of likely N-dealkylation sites (tertiary alicyclic amines) is 1. The lowest BCUT2D eigenvalue weighted by Gasteiger charge is -2.38. The van der Waals surface area contributed by atoms with E-state index in [0.29, 0.717) is 25.4 Å². The molecule has 2 aromatic rings. The zero-order valence-corrected chi connectivity index (χ0v) is 17.7. The van der Waals surface area contributed by atoms with Crippen molar-refractivity contribution in [2.24, 2.45) is 11.8 Å². The van der Waals surface area contributed by atoms with Crippen LogP contribution in [0.5, 0.6) is 0 Å². The van der Waals surface area contributed by atoms with E-state index in [4.69, 9.17) is 0 Å². The van der Waals surface area contributed by atoms with E-state index in [1.54, 1.807) is 12.3 Å². The lowest BCUT2D eigenvalue weighted by atomic mass is 9.90. The number of rotatable bonds is 7. The highest BCUT2D eigenvalue weighted by Crippen LogP contribution is 2.25. The maximum Gasteiger partial charge on any atom is 0.231 e. The molecule has 2 aliphatic rings. The van der Waals surface area contributed by atoms with E-state index in [-0.39, 0.29) is 17.7 Å². The van der Waals surface area contributed by atoms with Gasteiger partial charge in [-0.3, -0.25) is 9.59 Å². The second kappa shape index (κ2) is 9.73. The van der Waals surface area contributed by atoms with Crippen molar-refractivity contribution >= 4 is 23.3 Å². The van der Waals surface area contributed by atoms with Crippen LogP contribution in [-0.2, 0) is 16.0 Å². The second-order valence-corrected chi connectivity index (χ2v) is 8.39. The third kappa shape index (κ3) is 5.29. The third-order valence-electron chi connectivity index (χ3n) is 6.17. The van der Waals surface area contributed by atoms with E-state index in [9.17, 15) is 9.59 Å². The summed E-state index contributed by atoms with van der Waals surface area (Å²) in [4.78, 5) is 28.5. The Labute approximate surface area is 183 Å². The molecule has 2 aliphatic heterocycles. The zero-order valence-electron chi connectivity index (χ0n) is 17.7. The van der Waals surface area contributed by atoms with Crippen molar-refractivity contribution < 1.29 is 9.59 Å². The van der Waals surface area contributed by atoms with Crippen molar-refractivity contribution in [1.29, 1.82) is 0 Å². The Kier molecular flexibility index (Phi) is 6.60. The molecule has 0 radical (unpaired) electrons. The molecule has 0 bridgehead atoms. The lowest BCUT2D eigenvalue weighted by molar-refractivity contribution is -0.131. The number of anilines is 2. The number of aromatic nitrogens is 2. The molecule has 0 atom stereocenters. The number of carbonyl (C=O) groups excluding carboxylic acids is 2. The van der Waals surface area contributed by atoms with Gasteiger partial charge in [-0.25, -0.2) is 0 Å². The fourth-order valence-electron chi connectivity index (χ4n) is 4.23. The molecule has 2 amide bonds. The predicted octanol–water partition coefficient (Wildman–Crippen LogP) is 2.91. The van der Waals surface area contributed by atoms with Gasteiger partial charge < -0.3 is 15.1 Å². The molecule has 0 spiro atoms. The van der Waals surface area contributed by atoms with Crippen molar-refractivity contribution in [3.05, 3.63) is 60.8 Å². The first-order valence-electron chi connectivity index (χ1n) is 10.9. The van der Waals surface area contributed by atoms with Gasteiger partial charge in [-0.2, -0.15) is 5.10 Å². The Morgan fingerprint density at radius 2 is 1.87 bits per heavy atom. The fraction of sp³-hybridized carbons (Fsp3) is 0.417. The summed E-state index contributed by atoms with van der Waals surface area (Å²) in [5.74, 6) is 1.60. The highest BCUT2D eigenvalue weighted by molar-refractivity contribution is 5.94. The SMILES string of the molecule is C=CCC(=O)N1CCC(Cc2ccc(NC(=O)C3CN(c4cccnn4)C3)cc2)CC1. The van der Waals surface area contributed by atoms with Crippen LogP contribution < -0.4 is 10.2 Å². The number of amides is 2. The van der Waals surface area contributed by atoms with Crippen molar-refractivity contribution in [2.75, 3.05) is 36.4 Å². The molecule has 0 aliphatic carbocycles. The molecule has 3 heterocycles. The molecular formula is C24H29N5O2. The summed E-state index contributed by atoms with van der Waals surface area (Å²) in [6.45, 7) is 6.63. The van der Waals surface area contributed by atoms with Crippen LogP contribution in [0.15, 0.2) is 55.3 Å². The van der Waals surface area contributed by atoms with E-state index in [2.05, 4.69) is 39.1 Å². The molecule has 2 saturated heterocycles. The van der Waals surface area contributed by atoms with Crippen molar-refractivity contribution in [2.45, 2.75) is 25.7 Å². The number of benzene rings is 1. The Morgan fingerprint density at radius 1 is 1.13 bits per heavy atom. The van der Waals surface area contributed by atoms with Crippen molar-refractivity contribution in [3.8, 4) is 0 Å². The Hall–Kier alpha value is -3.22. The average molecular weight is 420 g/mol. The fourth-order valence-corrected chi connectivity index (χ4v) is 4.23. The summed E-state index contributed by atoms with van der Waals surface area (Å²) < 4.78 is 0. The van der Waals surface area contributed by atoms with Crippen molar-refractivity contribution in [1.82, 2.24) is 15.1 Å². The van der Waals surface area contributed by atoms with E-state index in [1.165, 1.54) is 5.56 Å². The molecule has 7 nitrogen and oxygen atoms in total. The molecule has 7 heteroatoms. The summed E-state index contributed by atoms with van der Waals surface area (Å²) in [6.07, 6.45) is 6.82. The average Bonchev–Trinajstić information content (AvgIpc) is 2.75. The molecule has 0 saturated carbocycles. The third-order valence-corrected chi connectivity index (χ3v) is 6.17. The minimum atomic E-state index is -0.0318. The molecule has 0 unspecified atom stereocenters. The van der Waals surface area contributed by atoms with Gasteiger partial charge in [0.15, 0.2) is 5.82 Å². The lowest BCUT2D eigenvalue weighted by Crippen LogP contribution is -2.52. The summed E-state index contributed by atoms with van der Waals surface area (Å²) >= 11 is 0. The monoisotopic (exact) mass is 419 g/mol. The van der Waals surface area contributed by atoms with Crippen LogP contribution in [-0.4, -0.2) is 53.1 Å². The van der Waals surface area contributed by atoms with Gasteiger partial charge in [0, 0.05) is 44.5 Å². The predicted molar refractivity (Wildman–Crippen MR) is 121 cm³/mol. The minimum absolute atomic E-state index is 0.0318. The number of nitrogens with one attached hydrogen (secondary N) is 1. The Bertz CT molecular complexity index is 901. The summed E-state index contributed by atoms with van der Waals surface area (Å²) in [7, 11) is 0. The van der Waals surface area contributed by atoms with Crippen LogP contribution >= 0.6 is 0 Å². The number of hydrogen-bond acceptors (Lipinski definition) is 5. The first kappa shape index (κ1) is 21.0. The number of hydrogen-bond donors (Lipinski definition) is 1. The molecule has 2 fully saturated rings. The topological polar surface area (TPSA) is 78.4 Å². The van der Waals surface area contributed by atoms with Gasteiger partial charge >= 0.3 is 0 Å². The number of nitrogens with zero attached hydrogens (tertiary/aromatic N) is 4. The van der Waals surface area contributed by atoms with Gasteiger partial charge in [0.25, 0.3) is 0 Å². The van der Waals surface area contributed by atoms with Crippen LogP contribution in [0.1, 0.15) is 24.8 Å². The molecule has 162 valence electrons. The van der Waals surface area contributed by atoms with E-state index in [1.807, 2.05) is 29.2 Å². The summed E-state index contributed by atoms with van der Waals surface area (Å²) in [5, 5.41) is 11.0. The molecule has 1 N–H and O–H groups in total. The quantitative estimate of drug-likeness (QED) is 0.698. The molecule has 31 heavy (non-hydrogen) atoms. The largest absolute Gasteiger partial charge is 0.353 e. The van der Waals surface area contributed by atoms with E-state index < -0.39 is 0 Å². The minimum Gasteiger partial charge on any atom is -0.353 e. The van der Waals surface area contributed by atoms with Crippen LogP contribution in [0, 0.1) is 11.8 Å². The van der Waals surface area contributed by atoms with Gasteiger partial charge in [-0.05, 0) is 55.0 Å². The maximum atomic E-state index is 12.5. The van der Waals surface area contributed by atoms with Gasteiger partial charge in [-0.1, -0.05) is 18.2 Å². The molecule has 1 aromatic carbocycles. The first-order chi connectivity index (χ1) is 15.1. The maximum absolute atomic E-state index is 12.5. The van der Waals surface area contributed by atoms with Gasteiger partial charge in [0.2, 0.25) is 11.8 Å². The van der Waals surface area contributed by atoms with E-state index in [0.717, 1.165) is 43.9 Å². The molecule has 4 rings (SSSR count). The highest BCUT2D eigenvalue weighted by Gasteiger charge is 2.33. The first-order valence-corrected chi connectivity index (χ1v) is 10.9. The number of carbonyl (C=O) groups is 2. The summed E-state index contributed by atoms with van der Waals surface area (Å²) in [5.41, 5.74) is 2.10. The van der Waals surface area contributed by atoms with Crippen LogP contribution in [0.4, 0.5) is 11.5 Å².